The van der Waals surface area contributed by atoms with Gasteiger partial charge in [-0.15, -0.1) is 0 Å². The van der Waals surface area contributed by atoms with Crippen LogP contribution in [0.1, 0.15) is 18.4 Å². The fraction of sp³-hybridized carbons (Fsp3) is 0.579. The number of likely N-dealkylation sites (N-methyl/N-ethyl adjacent to an activating group) is 1. The van der Waals surface area contributed by atoms with Gasteiger partial charge < -0.3 is 14.5 Å². The molecule has 3 rings (SSSR count). The Morgan fingerprint density at radius 2 is 1.80 bits per heavy atom. The Kier molecular flexibility index (Phi) is 6.04. The lowest BCUT2D eigenvalue weighted by atomic mass is 10.2. The normalized spacial score (nSPS) is 21.0. The molecule has 1 atom stereocenters. The molecule has 0 radical (unpaired) electrons. The first-order valence-corrected chi connectivity index (χ1v) is 9.04. The van der Waals surface area contributed by atoms with Crippen molar-refractivity contribution in [3.05, 3.63) is 35.9 Å². The number of ether oxygens (including phenoxy) is 1. The van der Waals surface area contributed by atoms with Crippen molar-refractivity contribution in [3.63, 3.8) is 0 Å². The number of hydrogen-bond acceptors (Lipinski definition) is 4. The molecule has 0 bridgehead atoms. The first kappa shape index (κ1) is 17.9. The van der Waals surface area contributed by atoms with Crippen LogP contribution >= 0.6 is 0 Å². The molecule has 1 unspecified atom stereocenters. The summed E-state index contributed by atoms with van der Waals surface area (Å²) in [6.07, 6.45) is 1.52. The fourth-order valence-corrected chi connectivity index (χ4v) is 3.43. The summed E-state index contributed by atoms with van der Waals surface area (Å²) in [5, 5.41) is 0. The van der Waals surface area contributed by atoms with Crippen LogP contribution in [0.15, 0.2) is 30.3 Å². The number of benzene rings is 1. The third-order valence-electron chi connectivity index (χ3n) is 4.85. The summed E-state index contributed by atoms with van der Waals surface area (Å²) in [6, 6.07) is 10.1. The molecule has 2 aliphatic heterocycles. The largest absolute Gasteiger partial charge is 0.368 e. The average Bonchev–Trinajstić information content (AvgIpc) is 3.16. The van der Waals surface area contributed by atoms with E-state index >= 15 is 0 Å². The van der Waals surface area contributed by atoms with Gasteiger partial charge in [-0.3, -0.25) is 14.5 Å². The zero-order valence-corrected chi connectivity index (χ0v) is 14.9. The third kappa shape index (κ3) is 4.80. The molecule has 1 aromatic carbocycles. The molecule has 0 aromatic heterocycles. The molecule has 2 aliphatic rings. The Bertz CT molecular complexity index is 579. The van der Waals surface area contributed by atoms with Crippen LogP contribution in [0.3, 0.4) is 0 Å². The van der Waals surface area contributed by atoms with Gasteiger partial charge in [-0.25, -0.2) is 0 Å². The smallest absolute Gasteiger partial charge is 0.251 e. The SMILES string of the molecule is CN(CC(=O)N1CCN(C(=O)C2CCCO2)CC1)Cc1ccccc1. The molecule has 2 amide bonds. The lowest BCUT2D eigenvalue weighted by Crippen LogP contribution is -2.54. The van der Waals surface area contributed by atoms with Crippen LogP contribution in [0.5, 0.6) is 0 Å². The predicted octanol–water partition coefficient (Wildman–Crippen LogP) is 0.968. The molecule has 0 aliphatic carbocycles. The van der Waals surface area contributed by atoms with Gasteiger partial charge in [0.15, 0.2) is 0 Å². The maximum absolute atomic E-state index is 12.5. The topological polar surface area (TPSA) is 53.1 Å². The molecule has 2 fully saturated rings. The first-order valence-electron chi connectivity index (χ1n) is 9.04. The minimum atomic E-state index is -0.265. The number of nitrogens with zero attached hydrogens (tertiary/aromatic N) is 3. The minimum Gasteiger partial charge on any atom is -0.368 e. The summed E-state index contributed by atoms with van der Waals surface area (Å²) >= 11 is 0. The predicted molar refractivity (Wildman–Crippen MR) is 94.9 cm³/mol. The Labute approximate surface area is 149 Å². The molecular weight excluding hydrogens is 318 g/mol. The minimum absolute atomic E-state index is 0.0887. The van der Waals surface area contributed by atoms with Crippen LogP contribution in [0, 0.1) is 0 Å². The fourth-order valence-electron chi connectivity index (χ4n) is 3.43. The molecule has 1 aromatic rings. The molecule has 0 N–H and O–H groups in total. The van der Waals surface area contributed by atoms with Gasteiger partial charge in [0.25, 0.3) is 5.91 Å². The van der Waals surface area contributed by atoms with Crippen molar-refractivity contribution >= 4 is 11.8 Å². The van der Waals surface area contributed by atoms with E-state index in [1.807, 2.05) is 39.9 Å². The van der Waals surface area contributed by atoms with Crippen molar-refractivity contribution in [2.45, 2.75) is 25.5 Å². The van der Waals surface area contributed by atoms with Crippen molar-refractivity contribution in [1.82, 2.24) is 14.7 Å². The van der Waals surface area contributed by atoms with Gasteiger partial charge in [-0.1, -0.05) is 30.3 Å². The van der Waals surface area contributed by atoms with E-state index in [9.17, 15) is 9.59 Å². The van der Waals surface area contributed by atoms with Gasteiger partial charge >= 0.3 is 0 Å². The van der Waals surface area contributed by atoms with Crippen LogP contribution in [0.2, 0.25) is 0 Å². The van der Waals surface area contributed by atoms with Gasteiger partial charge in [0.05, 0.1) is 6.54 Å². The number of carbonyl (C=O) groups is 2. The second-order valence-electron chi connectivity index (χ2n) is 6.87. The van der Waals surface area contributed by atoms with Crippen molar-refractivity contribution < 1.29 is 14.3 Å². The zero-order chi connectivity index (χ0) is 17.6. The van der Waals surface area contributed by atoms with E-state index in [0.717, 1.165) is 19.4 Å². The van der Waals surface area contributed by atoms with Gasteiger partial charge in [0.2, 0.25) is 5.91 Å². The monoisotopic (exact) mass is 345 g/mol. The van der Waals surface area contributed by atoms with E-state index in [2.05, 4.69) is 12.1 Å². The summed E-state index contributed by atoms with van der Waals surface area (Å²) in [4.78, 5) is 30.6. The van der Waals surface area contributed by atoms with Crippen LogP contribution in [0.25, 0.3) is 0 Å². The maximum Gasteiger partial charge on any atom is 0.251 e. The van der Waals surface area contributed by atoms with E-state index in [-0.39, 0.29) is 17.9 Å². The molecule has 0 spiro atoms. The number of carbonyl (C=O) groups excluding carboxylic acids is 2. The summed E-state index contributed by atoms with van der Waals surface area (Å²) in [6.45, 7) is 4.26. The molecule has 2 saturated heterocycles. The van der Waals surface area contributed by atoms with Gasteiger partial charge in [-0.2, -0.15) is 0 Å². The molecule has 25 heavy (non-hydrogen) atoms. The highest BCUT2D eigenvalue weighted by atomic mass is 16.5. The van der Waals surface area contributed by atoms with E-state index in [4.69, 9.17) is 4.74 Å². The Balaban J connectivity index is 1.42. The summed E-state index contributed by atoms with van der Waals surface area (Å²) < 4.78 is 5.47. The van der Waals surface area contributed by atoms with Crippen LogP contribution in [0.4, 0.5) is 0 Å². The molecule has 2 heterocycles. The Morgan fingerprint density at radius 3 is 2.44 bits per heavy atom. The summed E-state index contributed by atoms with van der Waals surface area (Å²) in [7, 11) is 1.96. The van der Waals surface area contributed by atoms with Gasteiger partial charge in [0.1, 0.15) is 6.10 Å². The average molecular weight is 345 g/mol. The van der Waals surface area contributed by atoms with Gasteiger partial charge in [0, 0.05) is 39.3 Å². The number of amides is 2. The maximum atomic E-state index is 12.5. The zero-order valence-electron chi connectivity index (χ0n) is 14.9. The number of rotatable bonds is 5. The van der Waals surface area contributed by atoms with E-state index < -0.39 is 0 Å². The van der Waals surface area contributed by atoms with Crippen LogP contribution < -0.4 is 0 Å². The highest BCUT2D eigenvalue weighted by Crippen LogP contribution is 2.16. The van der Waals surface area contributed by atoms with E-state index in [0.29, 0.717) is 39.3 Å². The van der Waals surface area contributed by atoms with Crippen molar-refractivity contribution in [3.8, 4) is 0 Å². The standard InChI is InChI=1S/C19H27N3O3/c1-20(14-16-6-3-2-4-7-16)15-18(23)21-9-11-22(12-10-21)19(24)17-8-5-13-25-17/h2-4,6-7,17H,5,8-15H2,1H3. The van der Waals surface area contributed by atoms with Crippen molar-refractivity contribution in [2.75, 3.05) is 46.4 Å². The molecular formula is C19H27N3O3. The second kappa shape index (κ2) is 8.45. The number of hydrogen-bond donors (Lipinski definition) is 0. The summed E-state index contributed by atoms with van der Waals surface area (Å²) in [5.41, 5.74) is 1.20. The lowest BCUT2D eigenvalue weighted by Gasteiger charge is -2.36. The molecule has 6 nitrogen and oxygen atoms in total. The molecule has 0 saturated carbocycles. The number of piperazine rings is 1. The quantitative estimate of drug-likeness (QED) is 0.798. The first-order chi connectivity index (χ1) is 12.1. The second-order valence-corrected chi connectivity index (χ2v) is 6.87. The van der Waals surface area contributed by atoms with E-state index in [1.54, 1.807) is 0 Å². The molecule has 6 heteroatoms. The third-order valence-corrected chi connectivity index (χ3v) is 4.85. The lowest BCUT2D eigenvalue weighted by molar-refractivity contribution is -0.146. The van der Waals surface area contributed by atoms with E-state index in [1.165, 1.54) is 5.56 Å². The van der Waals surface area contributed by atoms with Crippen LogP contribution in [-0.2, 0) is 20.9 Å². The highest BCUT2D eigenvalue weighted by molar-refractivity contribution is 5.82. The molecule has 136 valence electrons. The van der Waals surface area contributed by atoms with Crippen LogP contribution in [-0.4, -0.2) is 79.0 Å². The summed E-state index contributed by atoms with van der Waals surface area (Å²) in [5.74, 6) is 0.216. The van der Waals surface area contributed by atoms with Crippen molar-refractivity contribution in [1.29, 1.82) is 0 Å². The van der Waals surface area contributed by atoms with Gasteiger partial charge in [-0.05, 0) is 25.5 Å². The Hall–Kier alpha value is -1.92. The Morgan fingerprint density at radius 1 is 1.12 bits per heavy atom. The highest BCUT2D eigenvalue weighted by Gasteiger charge is 2.31. The van der Waals surface area contributed by atoms with Crippen molar-refractivity contribution in [2.24, 2.45) is 0 Å².